The molecule has 2 fully saturated rings. The third-order valence-electron chi connectivity index (χ3n) is 7.88. The number of rotatable bonds is 11. The summed E-state index contributed by atoms with van der Waals surface area (Å²) in [6.45, 7) is 4.99. The number of carbonyl (C=O) groups is 1. The van der Waals surface area contributed by atoms with Crippen molar-refractivity contribution in [2.75, 3.05) is 55.7 Å². The highest BCUT2D eigenvalue weighted by molar-refractivity contribution is 7.88. The molecular formula is C30H36ClN5O6S. The van der Waals surface area contributed by atoms with Crippen molar-refractivity contribution in [2.24, 2.45) is 5.41 Å². The fourth-order valence-corrected chi connectivity index (χ4v) is 6.77. The van der Waals surface area contributed by atoms with Crippen LogP contribution in [0.3, 0.4) is 0 Å². The first-order valence-corrected chi connectivity index (χ1v) is 16.2. The number of aliphatic hydroxyl groups is 1. The quantitative estimate of drug-likeness (QED) is 0.343. The van der Waals surface area contributed by atoms with Crippen LogP contribution in [0.2, 0.25) is 5.02 Å². The highest BCUT2D eigenvalue weighted by Crippen LogP contribution is 2.45. The topological polar surface area (TPSA) is 125 Å². The van der Waals surface area contributed by atoms with Crippen LogP contribution in [0, 0.1) is 5.41 Å². The molecule has 2 heterocycles. The van der Waals surface area contributed by atoms with Gasteiger partial charge in [0.05, 0.1) is 30.9 Å². The summed E-state index contributed by atoms with van der Waals surface area (Å²) in [7, 11) is -3.67. The van der Waals surface area contributed by atoms with Gasteiger partial charge in [-0.1, -0.05) is 36.7 Å². The lowest BCUT2D eigenvalue weighted by Gasteiger charge is -2.35. The first-order chi connectivity index (χ1) is 20.5. The van der Waals surface area contributed by atoms with E-state index in [4.69, 9.17) is 16.3 Å². The number of piperazine rings is 1. The second kappa shape index (κ2) is 12.7. The normalized spacial score (nSPS) is 16.6. The van der Waals surface area contributed by atoms with Crippen LogP contribution in [-0.2, 0) is 20.6 Å². The van der Waals surface area contributed by atoms with Crippen LogP contribution in [0.5, 0.6) is 5.75 Å². The Morgan fingerprint density at radius 3 is 2.49 bits per heavy atom. The largest absolute Gasteiger partial charge is 0.486 e. The first kappa shape index (κ1) is 31.0. The molecule has 1 N–H and O–H groups in total. The summed E-state index contributed by atoms with van der Waals surface area (Å²) in [4.78, 5) is 29.0. The number of hydrogen-bond donors (Lipinski definition) is 1. The van der Waals surface area contributed by atoms with E-state index < -0.39 is 15.6 Å². The lowest BCUT2D eigenvalue weighted by atomic mass is 10.2. The molecule has 1 saturated heterocycles. The lowest BCUT2D eigenvalue weighted by molar-refractivity contribution is -0.116. The van der Waals surface area contributed by atoms with Crippen molar-refractivity contribution in [1.82, 2.24) is 14.1 Å². The zero-order valence-corrected chi connectivity index (χ0v) is 25.9. The van der Waals surface area contributed by atoms with E-state index in [9.17, 15) is 23.1 Å². The maximum absolute atomic E-state index is 13.6. The molecule has 1 amide bonds. The molecule has 5 rings (SSSR count). The van der Waals surface area contributed by atoms with Crippen molar-refractivity contribution >= 4 is 38.9 Å². The van der Waals surface area contributed by atoms with Crippen LogP contribution in [0.4, 0.5) is 11.4 Å². The van der Waals surface area contributed by atoms with Gasteiger partial charge in [0.15, 0.2) is 0 Å². The van der Waals surface area contributed by atoms with Crippen LogP contribution < -0.4 is 20.1 Å². The van der Waals surface area contributed by atoms with Crippen molar-refractivity contribution in [3.63, 3.8) is 0 Å². The fourth-order valence-electron chi connectivity index (χ4n) is 5.08. The number of hydrogen-bond acceptors (Lipinski definition) is 8. The summed E-state index contributed by atoms with van der Waals surface area (Å²) in [5.74, 6) is -0.279. The number of nitrogens with zero attached hydrogens (tertiary/aromatic N) is 5. The number of aliphatic hydroxyl groups excluding tert-OH is 1. The van der Waals surface area contributed by atoms with E-state index in [-0.39, 0.29) is 49.1 Å². The summed E-state index contributed by atoms with van der Waals surface area (Å²) < 4.78 is 35.7. The van der Waals surface area contributed by atoms with Crippen molar-refractivity contribution in [2.45, 2.75) is 32.4 Å². The molecule has 11 nitrogen and oxygen atoms in total. The molecule has 0 spiro atoms. The Bertz CT molecular complexity index is 1650. The van der Waals surface area contributed by atoms with Gasteiger partial charge in [-0.2, -0.15) is 14.1 Å². The number of benzene rings is 2. The molecule has 0 unspecified atom stereocenters. The maximum Gasteiger partial charge on any atom is 0.316 e. The molecular weight excluding hydrogens is 594 g/mol. The average molecular weight is 630 g/mol. The summed E-state index contributed by atoms with van der Waals surface area (Å²) >= 11 is 6.16. The van der Waals surface area contributed by atoms with Gasteiger partial charge in [0.1, 0.15) is 5.69 Å². The molecule has 13 heteroatoms. The zero-order chi connectivity index (χ0) is 30.8. The van der Waals surface area contributed by atoms with E-state index in [1.807, 2.05) is 4.90 Å². The SMILES string of the molecule is CC(=O)N(CCO)c1cccc(CS(=O)(=O)N2CCN(c3cnn(-c4cccc(Cl)c4)c(=O)c3OCC3(C)CC3)CC2)c1. The summed E-state index contributed by atoms with van der Waals surface area (Å²) in [5, 5.41) is 14.2. The summed E-state index contributed by atoms with van der Waals surface area (Å²) in [6.07, 6.45) is 3.66. The number of anilines is 2. The number of halogens is 1. The number of sulfonamides is 1. The Labute approximate surface area is 256 Å². The molecule has 1 saturated carbocycles. The van der Waals surface area contributed by atoms with Gasteiger partial charge in [0.2, 0.25) is 21.7 Å². The van der Waals surface area contributed by atoms with Crippen molar-refractivity contribution in [3.05, 3.63) is 75.7 Å². The summed E-state index contributed by atoms with van der Waals surface area (Å²) in [5.41, 5.74) is 1.77. The van der Waals surface area contributed by atoms with Gasteiger partial charge in [-0.05, 0) is 48.7 Å². The van der Waals surface area contributed by atoms with E-state index in [1.165, 1.54) is 20.8 Å². The molecule has 1 aliphatic carbocycles. The van der Waals surface area contributed by atoms with Gasteiger partial charge < -0.3 is 19.6 Å². The number of amides is 1. The smallest absolute Gasteiger partial charge is 0.316 e. The van der Waals surface area contributed by atoms with Crippen LogP contribution in [-0.4, -0.2) is 79.5 Å². The second-order valence-corrected chi connectivity index (χ2v) is 13.8. The van der Waals surface area contributed by atoms with Gasteiger partial charge in [0.25, 0.3) is 0 Å². The number of ether oxygens (including phenoxy) is 1. The molecule has 0 bridgehead atoms. The molecule has 1 aromatic heterocycles. The van der Waals surface area contributed by atoms with Crippen LogP contribution in [0.1, 0.15) is 32.3 Å². The molecule has 230 valence electrons. The van der Waals surface area contributed by atoms with Crippen LogP contribution in [0.15, 0.2) is 59.5 Å². The Morgan fingerprint density at radius 2 is 1.84 bits per heavy atom. The Hall–Kier alpha value is -3.45. The molecule has 0 radical (unpaired) electrons. The fraction of sp³-hybridized carbons (Fsp3) is 0.433. The van der Waals surface area contributed by atoms with Gasteiger partial charge in [-0.15, -0.1) is 0 Å². The van der Waals surface area contributed by atoms with Gasteiger partial charge >= 0.3 is 5.56 Å². The van der Waals surface area contributed by atoms with E-state index in [0.717, 1.165) is 12.8 Å². The van der Waals surface area contributed by atoms with Gasteiger partial charge in [-0.3, -0.25) is 9.59 Å². The average Bonchev–Trinajstić information content (AvgIpc) is 3.72. The minimum absolute atomic E-state index is 0.0392. The van der Waals surface area contributed by atoms with E-state index in [0.29, 0.717) is 47.3 Å². The van der Waals surface area contributed by atoms with Gasteiger partial charge in [0, 0.05) is 55.8 Å². The van der Waals surface area contributed by atoms with E-state index >= 15 is 0 Å². The van der Waals surface area contributed by atoms with Crippen molar-refractivity contribution in [1.29, 1.82) is 0 Å². The number of carbonyl (C=O) groups excluding carboxylic acids is 1. The third kappa shape index (κ3) is 7.20. The molecule has 2 aliphatic rings. The summed E-state index contributed by atoms with van der Waals surface area (Å²) in [6, 6.07) is 13.7. The van der Waals surface area contributed by atoms with E-state index in [2.05, 4.69) is 12.0 Å². The van der Waals surface area contributed by atoms with Crippen molar-refractivity contribution in [3.8, 4) is 11.4 Å². The lowest BCUT2D eigenvalue weighted by Crippen LogP contribution is -2.49. The monoisotopic (exact) mass is 629 g/mol. The number of aromatic nitrogens is 2. The minimum Gasteiger partial charge on any atom is -0.486 e. The Balaban J connectivity index is 1.32. The van der Waals surface area contributed by atoms with Gasteiger partial charge in [-0.25, -0.2) is 8.42 Å². The first-order valence-electron chi connectivity index (χ1n) is 14.2. The zero-order valence-electron chi connectivity index (χ0n) is 24.3. The molecule has 2 aromatic carbocycles. The highest BCUT2D eigenvalue weighted by Gasteiger charge is 2.39. The predicted molar refractivity (Wildman–Crippen MR) is 166 cm³/mol. The molecule has 3 aromatic rings. The van der Waals surface area contributed by atoms with Crippen LogP contribution in [0.25, 0.3) is 5.69 Å². The van der Waals surface area contributed by atoms with E-state index in [1.54, 1.807) is 54.7 Å². The standard InChI is InChI=1S/C30H36ClN5O6S/c1-22(38)35(15-16-37)25-7-3-5-23(17-25)20-43(40,41)34-13-11-33(12-14-34)27-19-32-36(26-8-4-6-24(31)18-26)29(39)28(27)42-21-30(2)9-10-30/h3-8,17-19,37H,9-16,20-21H2,1-2H3. The molecule has 1 aliphatic heterocycles. The van der Waals surface area contributed by atoms with Crippen LogP contribution >= 0.6 is 11.6 Å². The Morgan fingerprint density at radius 1 is 1.12 bits per heavy atom. The second-order valence-electron chi connectivity index (χ2n) is 11.4. The van der Waals surface area contributed by atoms with Crippen molar-refractivity contribution < 1.29 is 23.1 Å². The maximum atomic E-state index is 13.6. The molecule has 43 heavy (non-hydrogen) atoms. The Kier molecular flexibility index (Phi) is 9.12. The molecule has 0 atom stereocenters. The minimum atomic E-state index is -3.67. The predicted octanol–water partition coefficient (Wildman–Crippen LogP) is 3.06. The highest BCUT2D eigenvalue weighted by atomic mass is 35.5. The third-order valence-corrected chi connectivity index (χ3v) is 9.97.